The molecule has 0 amide bonds. The molecule has 0 saturated carbocycles. The number of aromatic nitrogens is 1. The molecule has 86 valence electrons. The summed E-state index contributed by atoms with van der Waals surface area (Å²) in [6, 6.07) is 0. The molecule has 0 aliphatic rings. The van der Waals surface area contributed by atoms with E-state index in [0.29, 0.717) is 23.9 Å². The zero-order valence-corrected chi connectivity index (χ0v) is 10.4. The van der Waals surface area contributed by atoms with Crippen LogP contribution >= 0.6 is 11.3 Å². The Balaban J connectivity index is 2.63. The van der Waals surface area contributed by atoms with Crippen molar-refractivity contribution in [2.45, 2.75) is 6.92 Å². The second-order valence-electron chi connectivity index (χ2n) is 3.30. The van der Waals surface area contributed by atoms with Gasteiger partial charge in [-0.3, -0.25) is 4.90 Å². The molecule has 1 heterocycles. The van der Waals surface area contributed by atoms with E-state index >= 15 is 0 Å². The molecule has 1 rings (SSSR count). The Morgan fingerprint density at radius 1 is 1.62 bits per heavy atom. The van der Waals surface area contributed by atoms with Gasteiger partial charge in [-0.25, -0.2) is 9.78 Å². The van der Waals surface area contributed by atoms with Crippen molar-refractivity contribution in [2.24, 2.45) is 0 Å². The fourth-order valence-electron chi connectivity index (χ4n) is 0.903. The second kappa shape index (κ2) is 6.26. The summed E-state index contributed by atoms with van der Waals surface area (Å²) in [4.78, 5) is 17.3. The fourth-order valence-corrected chi connectivity index (χ4v) is 1.56. The number of thiazole rings is 1. The molecule has 0 bridgehead atoms. The maximum atomic E-state index is 11.3. The maximum absolute atomic E-state index is 11.3. The van der Waals surface area contributed by atoms with Crippen molar-refractivity contribution in [1.82, 2.24) is 9.88 Å². The van der Waals surface area contributed by atoms with E-state index in [1.807, 2.05) is 19.0 Å². The van der Waals surface area contributed by atoms with E-state index in [1.165, 1.54) is 11.3 Å². The number of carbonyl (C=O) groups is 1. The van der Waals surface area contributed by atoms with Gasteiger partial charge in [0.2, 0.25) is 0 Å². The van der Waals surface area contributed by atoms with E-state index in [2.05, 4.69) is 16.8 Å². The van der Waals surface area contributed by atoms with Crippen LogP contribution in [0.2, 0.25) is 0 Å². The first-order valence-electron chi connectivity index (χ1n) is 4.89. The highest BCUT2D eigenvalue weighted by atomic mass is 32.1. The van der Waals surface area contributed by atoms with E-state index in [1.54, 1.807) is 12.3 Å². The molecule has 0 aromatic carbocycles. The summed E-state index contributed by atoms with van der Waals surface area (Å²) in [7, 11) is 3.89. The normalized spacial score (nSPS) is 9.75. The van der Waals surface area contributed by atoms with E-state index in [4.69, 9.17) is 4.74 Å². The summed E-state index contributed by atoms with van der Waals surface area (Å²) in [5.74, 6) is 5.47. The van der Waals surface area contributed by atoms with Crippen LogP contribution in [0.4, 0.5) is 0 Å². The van der Waals surface area contributed by atoms with Crippen LogP contribution in [0.1, 0.15) is 22.4 Å². The molecule has 0 spiro atoms. The lowest BCUT2D eigenvalue weighted by Gasteiger charge is -2.00. The molecule has 0 atom stereocenters. The fraction of sp³-hybridized carbons (Fsp3) is 0.455. The van der Waals surface area contributed by atoms with Crippen molar-refractivity contribution in [3.05, 3.63) is 16.1 Å². The van der Waals surface area contributed by atoms with Crippen LogP contribution in [0.3, 0.4) is 0 Å². The number of esters is 1. The maximum Gasteiger partial charge on any atom is 0.357 e. The van der Waals surface area contributed by atoms with Gasteiger partial charge >= 0.3 is 5.97 Å². The standard InChI is InChI=1S/C11H14N2O2S/c1-4-15-11(14)9-8-16-10(12-9)6-5-7-13(2)3/h8H,4,7H2,1-3H3. The zero-order chi connectivity index (χ0) is 12.0. The molecule has 4 nitrogen and oxygen atoms in total. The summed E-state index contributed by atoms with van der Waals surface area (Å²) in [5.41, 5.74) is 0.334. The van der Waals surface area contributed by atoms with Crippen LogP contribution in [0, 0.1) is 11.8 Å². The molecule has 0 N–H and O–H groups in total. The summed E-state index contributed by atoms with van der Waals surface area (Å²) in [6.45, 7) is 2.80. The van der Waals surface area contributed by atoms with Crippen molar-refractivity contribution >= 4 is 17.3 Å². The zero-order valence-electron chi connectivity index (χ0n) is 9.61. The molecule has 0 saturated heterocycles. The molecule has 1 aromatic heterocycles. The second-order valence-corrected chi connectivity index (χ2v) is 4.16. The van der Waals surface area contributed by atoms with E-state index in [9.17, 15) is 4.79 Å². The minimum absolute atomic E-state index is 0.334. The van der Waals surface area contributed by atoms with E-state index in [-0.39, 0.29) is 5.97 Å². The summed E-state index contributed by atoms with van der Waals surface area (Å²) in [5, 5.41) is 2.31. The van der Waals surface area contributed by atoms with Gasteiger partial charge in [0.1, 0.15) is 0 Å². The lowest BCUT2D eigenvalue weighted by molar-refractivity contribution is 0.0520. The van der Waals surface area contributed by atoms with Gasteiger partial charge in [0.25, 0.3) is 0 Å². The smallest absolute Gasteiger partial charge is 0.357 e. The SMILES string of the molecule is CCOC(=O)c1csc(C#CCN(C)C)n1. The van der Waals surface area contributed by atoms with Gasteiger partial charge in [0.15, 0.2) is 10.7 Å². The monoisotopic (exact) mass is 238 g/mol. The minimum Gasteiger partial charge on any atom is -0.461 e. The van der Waals surface area contributed by atoms with Gasteiger partial charge in [-0.15, -0.1) is 11.3 Å². The van der Waals surface area contributed by atoms with Gasteiger partial charge in [0.05, 0.1) is 13.2 Å². The molecular formula is C11H14N2O2S. The number of rotatable bonds is 3. The van der Waals surface area contributed by atoms with Crippen LogP contribution in [0.5, 0.6) is 0 Å². The van der Waals surface area contributed by atoms with Crippen molar-refractivity contribution in [3.63, 3.8) is 0 Å². The number of ether oxygens (including phenoxy) is 1. The molecule has 0 aliphatic heterocycles. The lowest BCUT2D eigenvalue weighted by atomic mass is 10.5. The third-order valence-electron chi connectivity index (χ3n) is 1.58. The van der Waals surface area contributed by atoms with Gasteiger partial charge in [-0.1, -0.05) is 5.92 Å². The predicted molar refractivity (Wildman–Crippen MR) is 63.5 cm³/mol. The number of hydrogen-bond acceptors (Lipinski definition) is 5. The van der Waals surface area contributed by atoms with Crippen LogP contribution < -0.4 is 0 Å². The first-order chi connectivity index (χ1) is 7.63. The Hall–Kier alpha value is -1.38. The molecule has 0 radical (unpaired) electrons. The Morgan fingerprint density at radius 2 is 2.38 bits per heavy atom. The van der Waals surface area contributed by atoms with Crippen LogP contribution in [-0.2, 0) is 4.74 Å². The van der Waals surface area contributed by atoms with E-state index < -0.39 is 0 Å². The third kappa shape index (κ3) is 4.01. The quantitative estimate of drug-likeness (QED) is 0.587. The van der Waals surface area contributed by atoms with Crippen LogP contribution in [0.25, 0.3) is 0 Å². The van der Waals surface area contributed by atoms with E-state index in [0.717, 1.165) is 0 Å². The minimum atomic E-state index is -0.389. The molecule has 0 aliphatic carbocycles. The van der Waals surface area contributed by atoms with Crippen molar-refractivity contribution in [2.75, 3.05) is 27.2 Å². The molecule has 16 heavy (non-hydrogen) atoms. The summed E-state index contributed by atoms with van der Waals surface area (Å²) < 4.78 is 4.83. The van der Waals surface area contributed by atoms with Gasteiger partial charge in [-0.2, -0.15) is 0 Å². The number of carbonyl (C=O) groups excluding carboxylic acids is 1. The Kier molecular flexibility index (Phi) is 4.96. The Labute approximate surface area is 99.2 Å². The number of nitrogens with zero attached hydrogens (tertiary/aromatic N) is 2. The van der Waals surface area contributed by atoms with Crippen LogP contribution in [-0.4, -0.2) is 43.1 Å². The Bertz CT molecular complexity index is 415. The first-order valence-corrected chi connectivity index (χ1v) is 5.77. The largest absolute Gasteiger partial charge is 0.461 e. The lowest BCUT2D eigenvalue weighted by Crippen LogP contribution is -2.10. The molecular weight excluding hydrogens is 224 g/mol. The van der Waals surface area contributed by atoms with Gasteiger partial charge in [0, 0.05) is 5.38 Å². The highest BCUT2D eigenvalue weighted by molar-refractivity contribution is 7.10. The average molecular weight is 238 g/mol. The van der Waals surface area contributed by atoms with Gasteiger partial charge < -0.3 is 4.74 Å². The molecule has 0 fully saturated rings. The average Bonchev–Trinajstić information content (AvgIpc) is 2.66. The van der Waals surface area contributed by atoms with Gasteiger partial charge in [-0.05, 0) is 26.9 Å². The number of hydrogen-bond donors (Lipinski definition) is 0. The first kappa shape index (κ1) is 12.7. The molecule has 5 heteroatoms. The molecule has 1 aromatic rings. The predicted octanol–water partition coefficient (Wildman–Crippen LogP) is 1.23. The highest BCUT2D eigenvalue weighted by Gasteiger charge is 2.09. The van der Waals surface area contributed by atoms with Crippen molar-refractivity contribution < 1.29 is 9.53 Å². The topological polar surface area (TPSA) is 42.4 Å². The van der Waals surface area contributed by atoms with Crippen molar-refractivity contribution in [3.8, 4) is 11.8 Å². The summed E-state index contributed by atoms with van der Waals surface area (Å²) >= 11 is 1.35. The van der Waals surface area contributed by atoms with Crippen LogP contribution in [0.15, 0.2) is 5.38 Å². The Morgan fingerprint density at radius 3 is 3.00 bits per heavy atom. The highest BCUT2D eigenvalue weighted by Crippen LogP contribution is 2.09. The summed E-state index contributed by atoms with van der Waals surface area (Å²) in [6.07, 6.45) is 0. The molecule has 0 unspecified atom stereocenters. The van der Waals surface area contributed by atoms with Crippen molar-refractivity contribution in [1.29, 1.82) is 0 Å². The third-order valence-corrected chi connectivity index (χ3v) is 2.34.